The summed E-state index contributed by atoms with van der Waals surface area (Å²) >= 11 is 3.04. The molecule has 0 aliphatic heterocycles. The molecule has 0 aliphatic rings. The van der Waals surface area contributed by atoms with Gasteiger partial charge in [0.2, 0.25) is 5.89 Å². The predicted molar refractivity (Wildman–Crippen MR) is 85.6 cm³/mol. The van der Waals surface area contributed by atoms with Crippen LogP contribution in [0.15, 0.2) is 43.9 Å². The molecule has 3 aromatic rings. The number of benzene rings is 1. The molecule has 0 radical (unpaired) electrons. The minimum absolute atomic E-state index is 0.106. The summed E-state index contributed by atoms with van der Waals surface area (Å²) in [5.74, 6) is 1.38. The quantitative estimate of drug-likeness (QED) is 0.511. The Balaban J connectivity index is 1.97. The monoisotopic (exact) mass is 361 g/mol. The van der Waals surface area contributed by atoms with E-state index in [4.69, 9.17) is 4.42 Å². The summed E-state index contributed by atoms with van der Waals surface area (Å²) in [7, 11) is 0. The van der Waals surface area contributed by atoms with E-state index in [-0.39, 0.29) is 16.7 Å². The van der Waals surface area contributed by atoms with Crippen LogP contribution in [-0.4, -0.2) is 16.2 Å². The molecule has 0 atom stereocenters. The summed E-state index contributed by atoms with van der Waals surface area (Å²) in [6.45, 7) is 2.05. The van der Waals surface area contributed by atoms with Crippen molar-refractivity contribution in [2.24, 2.45) is 0 Å². The average Bonchev–Trinajstić information content (AvgIpc) is 3.02. The highest BCUT2D eigenvalue weighted by atomic mass is 32.2. The van der Waals surface area contributed by atoms with E-state index < -0.39 is 5.51 Å². The molecule has 0 fully saturated rings. The number of rotatable bonds is 4. The third-order valence-corrected chi connectivity index (χ3v) is 5.41. The van der Waals surface area contributed by atoms with Gasteiger partial charge < -0.3 is 4.42 Å². The van der Waals surface area contributed by atoms with E-state index >= 15 is 0 Å². The molecule has 0 unspecified atom stereocenters. The first kappa shape index (κ1) is 15.8. The van der Waals surface area contributed by atoms with Gasteiger partial charge in [0.05, 0.1) is 0 Å². The molecule has 2 aromatic heterocycles. The van der Waals surface area contributed by atoms with Gasteiger partial charge >= 0.3 is 5.51 Å². The fourth-order valence-electron chi connectivity index (χ4n) is 1.92. The lowest BCUT2D eigenvalue weighted by molar-refractivity contribution is -0.0328. The molecule has 3 rings (SSSR count). The van der Waals surface area contributed by atoms with Crippen molar-refractivity contribution in [1.82, 2.24) is 4.98 Å². The van der Waals surface area contributed by atoms with Gasteiger partial charge in [0.25, 0.3) is 0 Å². The summed E-state index contributed by atoms with van der Waals surface area (Å²) in [6, 6.07) is 6.32. The topological polar surface area (TPSA) is 26.0 Å². The normalized spacial score (nSPS) is 12.2. The number of aromatic nitrogens is 1. The van der Waals surface area contributed by atoms with Crippen LogP contribution in [0.25, 0.3) is 21.9 Å². The van der Waals surface area contributed by atoms with Gasteiger partial charge in [0.1, 0.15) is 10.4 Å². The lowest BCUT2D eigenvalue weighted by Crippen LogP contribution is -1.98. The Labute approximate surface area is 137 Å². The van der Waals surface area contributed by atoms with Crippen LogP contribution < -0.4 is 0 Å². The summed E-state index contributed by atoms with van der Waals surface area (Å²) in [6.07, 6.45) is 0. The van der Waals surface area contributed by atoms with Crippen LogP contribution >= 0.6 is 34.9 Å². The molecular weight excluding hydrogens is 351 g/mol. The maximum Gasteiger partial charge on any atom is 0.446 e. The smallest absolute Gasteiger partial charge is 0.435 e. The van der Waals surface area contributed by atoms with Gasteiger partial charge in [-0.25, -0.2) is 4.98 Å². The maximum atomic E-state index is 12.4. The molecule has 0 amide bonds. The largest absolute Gasteiger partial charge is 0.446 e. The first-order valence-electron chi connectivity index (χ1n) is 6.33. The zero-order valence-electron chi connectivity index (χ0n) is 11.3. The van der Waals surface area contributed by atoms with Crippen molar-refractivity contribution in [1.29, 1.82) is 0 Å². The van der Waals surface area contributed by atoms with E-state index in [2.05, 4.69) is 11.9 Å². The highest BCUT2D eigenvalue weighted by Gasteiger charge is 2.29. The zero-order valence-corrected chi connectivity index (χ0v) is 13.8. The molecule has 0 N–H and O–H groups in total. The molecule has 22 heavy (non-hydrogen) atoms. The summed E-state index contributed by atoms with van der Waals surface area (Å²) in [5, 5.41) is 1.95. The summed E-state index contributed by atoms with van der Waals surface area (Å²) in [4.78, 5) is 6.43. The summed E-state index contributed by atoms with van der Waals surface area (Å²) < 4.78 is 43.0. The minimum atomic E-state index is -4.31. The second-order valence-corrected chi connectivity index (χ2v) is 7.60. The predicted octanol–water partition coefficient (Wildman–Crippen LogP) is 6.28. The highest BCUT2D eigenvalue weighted by Crippen LogP contribution is 2.40. The minimum Gasteiger partial charge on any atom is -0.435 e. The Kier molecular flexibility index (Phi) is 4.42. The number of alkyl halides is 3. The molecule has 8 heteroatoms. The third-order valence-electron chi connectivity index (χ3n) is 2.72. The van der Waals surface area contributed by atoms with Crippen LogP contribution in [0, 0.1) is 0 Å². The lowest BCUT2D eigenvalue weighted by Gasteiger charge is -2.04. The molecule has 0 bridgehead atoms. The fraction of sp³-hybridized carbons (Fsp3) is 0.214. The Bertz CT molecular complexity index is 794. The molecule has 0 spiro atoms. The van der Waals surface area contributed by atoms with Gasteiger partial charge in [0.15, 0.2) is 5.58 Å². The number of hydrogen-bond donors (Lipinski definition) is 0. The number of nitrogens with zero attached hydrogens (tertiary/aromatic N) is 1. The molecule has 1 aromatic carbocycles. The van der Waals surface area contributed by atoms with Gasteiger partial charge in [-0.1, -0.05) is 6.92 Å². The number of thiophene rings is 1. The van der Waals surface area contributed by atoms with Gasteiger partial charge in [-0.05, 0) is 47.2 Å². The van der Waals surface area contributed by atoms with Crippen LogP contribution in [0.5, 0.6) is 0 Å². The fourth-order valence-corrected chi connectivity index (χ4v) is 4.31. The Morgan fingerprint density at radius 2 is 2.09 bits per heavy atom. The second kappa shape index (κ2) is 6.17. The van der Waals surface area contributed by atoms with E-state index in [0.717, 1.165) is 15.5 Å². The number of hydrogen-bond acceptors (Lipinski definition) is 5. The lowest BCUT2D eigenvalue weighted by atomic mass is 10.3. The van der Waals surface area contributed by atoms with Crippen LogP contribution in [0.3, 0.4) is 0 Å². The van der Waals surface area contributed by atoms with Crippen molar-refractivity contribution in [3.8, 4) is 10.8 Å². The van der Waals surface area contributed by atoms with Gasteiger partial charge in [-0.3, -0.25) is 0 Å². The molecule has 0 aliphatic carbocycles. The van der Waals surface area contributed by atoms with Crippen LogP contribution in [0.1, 0.15) is 6.92 Å². The van der Waals surface area contributed by atoms with Crippen LogP contribution in [0.4, 0.5) is 13.2 Å². The zero-order chi connectivity index (χ0) is 15.7. The second-order valence-electron chi connectivity index (χ2n) is 4.24. The number of halogens is 3. The van der Waals surface area contributed by atoms with E-state index in [0.29, 0.717) is 17.0 Å². The van der Waals surface area contributed by atoms with Crippen molar-refractivity contribution < 1.29 is 17.6 Å². The van der Waals surface area contributed by atoms with Crippen molar-refractivity contribution in [3.05, 3.63) is 29.6 Å². The van der Waals surface area contributed by atoms with E-state index in [1.807, 2.05) is 11.4 Å². The van der Waals surface area contributed by atoms with Crippen molar-refractivity contribution in [2.75, 3.05) is 5.75 Å². The van der Waals surface area contributed by atoms with Crippen molar-refractivity contribution >= 4 is 46.0 Å². The molecule has 116 valence electrons. The summed E-state index contributed by atoms with van der Waals surface area (Å²) in [5.41, 5.74) is -3.38. The van der Waals surface area contributed by atoms with Crippen molar-refractivity contribution in [2.45, 2.75) is 22.2 Å². The van der Waals surface area contributed by atoms with E-state index in [1.54, 1.807) is 11.8 Å². The van der Waals surface area contributed by atoms with E-state index in [9.17, 15) is 13.2 Å². The first-order valence-corrected chi connectivity index (χ1v) is 9.01. The SMILES string of the molecule is CCSc1ccsc1-c1nc2cc(SC(F)(F)F)ccc2o1. The maximum absolute atomic E-state index is 12.4. The molecule has 0 saturated heterocycles. The van der Waals surface area contributed by atoms with Gasteiger partial charge in [-0.15, -0.1) is 23.1 Å². The first-order chi connectivity index (χ1) is 10.5. The van der Waals surface area contributed by atoms with Crippen molar-refractivity contribution in [3.63, 3.8) is 0 Å². The Morgan fingerprint density at radius 1 is 1.27 bits per heavy atom. The Hall–Kier alpha value is -1.12. The molecule has 2 nitrogen and oxygen atoms in total. The highest BCUT2D eigenvalue weighted by molar-refractivity contribution is 8.00. The molecule has 0 saturated carbocycles. The molecule has 2 heterocycles. The number of thioether (sulfide) groups is 2. The number of fused-ring (bicyclic) bond motifs is 1. The standard InChI is InChI=1S/C14H10F3NOS3/c1-2-20-11-5-6-21-12(11)13-18-9-7-8(22-14(15,16)17)3-4-10(9)19-13/h3-7H,2H2,1H3. The number of oxazole rings is 1. The van der Waals surface area contributed by atoms with Gasteiger partial charge in [0, 0.05) is 9.79 Å². The van der Waals surface area contributed by atoms with E-state index in [1.165, 1.54) is 29.5 Å². The Morgan fingerprint density at radius 3 is 2.82 bits per heavy atom. The van der Waals surface area contributed by atoms with Crippen LogP contribution in [0.2, 0.25) is 0 Å². The molecular formula is C14H10F3NOS3. The van der Waals surface area contributed by atoms with Crippen LogP contribution in [-0.2, 0) is 0 Å². The van der Waals surface area contributed by atoms with Gasteiger partial charge in [-0.2, -0.15) is 13.2 Å². The third kappa shape index (κ3) is 3.44. The average molecular weight is 361 g/mol.